The summed E-state index contributed by atoms with van der Waals surface area (Å²) < 4.78 is 0.932. The van der Waals surface area contributed by atoms with Crippen LogP contribution in [0.3, 0.4) is 0 Å². The van der Waals surface area contributed by atoms with E-state index in [-0.39, 0.29) is 0 Å². The molecule has 0 spiro atoms. The molecule has 0 radical (unpaired) electrons. The van der Waals surface area contributed by atoms with Crippen molar-refractivity contribution in [2.45, 2.75) is 45.6 Å². The number of H-pyrrole nitrogens is 1. The molecular formula is C14H19N3O3S. The lowest BCUT2D eigenvalue weighted by atomic mass is 10.2. The number of rotatable bonds is 6. The van der Waals surface area contributed by atoms with E-state index in [1.807, 2.05) is 0 Å². The summed E-state index contributed by atoms with van der Waals surface area (Å²) in [6.45, 7) is 3.81. The Hall–Kier alpha value is -1.89. The Balaban J connectivity index is 2.61. The summed E-state index contributed by atoms with van der Waals surface area (Å²) in [6, 6.07) is 0.891. The lowest BCUT2D eigenvalue weighted by Gasteiger charge is -2.12. The Morgan fingerprint density at radius 3 is 2.71 bits per heavy atom. The molecule has 6 nitrogen and oxygen atoms in total. The highest BCUT2D eigenvalue weighted by Crippen LogP contribution is 2.22. The molecule has 0 aliphatic carbocycles. The van der Waals surface area contributed by atoms with Crippen molar-refractivity contribution >= 4 is 27.5 Å². The van der Waals surface area contributed by atoms with Gasteiger partial charge < -0.3 is 5.73 Å². The van der Waals surface area contributed by atoms with Gasteiger partial charge in [0, 0.05) is 4.88 Å². The summed E-state index contributed by atoms with van der Waals surface area (Å²) in [7, 11) is 0. The van der Waals surface area contributed by atoms with Crippen LogP contribution in [0.5, 0.6) is 0 Å². The number of aryl methyl sites for hydroxylation is 1. The van der Waals surface area contributed by atoms with Gasteiger partial charge in [0.05, 0.1) is 5.39 Å². The van der Waals surface area contributed by atoms with Crippen molar-refractivity contribution in [2.75, 3.05) is 0 Å². The zero-order valence-electron chi connectivity index (χ0n) is 12.1. The topological polar surface area (TPSA) is 97.9 Å². The number of hydrogen-bond acceptors (Lipinski definition) is 4. The number of nitrogens with one attached hydrogen (secondary N) is 1. The molecule has 0 aliphatic rings. The molecule has 0 fully saturated rings. The number of amides is 1. The Bertz CT molecular complexity index is 772. The highest BCUT2D eigenvalue weighted by molar-refractivity contribution is 7.18. The zero-order chi connectivity index (χ0) is 15.6. The summed E-state index contributed by atoms with van der Waals surface area (Å²) in [5.74, 6) is -0.675. The van der Waals surface area contributed by atoms with E-state index >= 15 is 0 Å². The number of unbranched alkanes of at least 4 members (excludes halogenated alkanes) is 1. The minimum atomic E-state index is -0.912. The molecule has 1 atom stereocenters. The van der Waals surface area contributed by atoms with Crippen LogP contribution >= 0.6 is 11.3 Å². The van der Waals surface area contributed by atoms with Crippen LogP contribution in [0.4, 0.5) is 0 Å². The Kier molecular flexibility index (Phi) is 4.62. The summed E-state index contributed by atoms with van der Waals surface area (Å²) in [5.41, 5.74) is 4.26. The number of primary amides is 1. The van der Waals surface area contributed by atoms with Gasteiger partial charge in [0.25, 0.3) is 5.56 Å². The van der Waals surface area contributed by atoms with Crippen molar-refractivity contribution in [3.63, 3.8) is 0 Å². The van der Waals surface area contributed by atoms with Crippen molar-refractivity contribution in [1.29, 1.82) is 0 Å². The number of fused-ring (bicyclic) bond motifs is 1. The summed E-state index contributed by atoms with van der Waals surface area (Å²) in [4.78, 5) is 40.3. The number of carbonyl (C=O) groups excluding carboxylic acids is 1. The summed E-state index contributed by atoms with van der Waals surface area (Å²) in [5, 5.41) is 0.449. The van der Waals surface area contributed by atoms with Gasteiger partial charge in [-0.3, -0.25) is 14.6 Å². The highest BCUT2D eigenvalue weighted by atomic mass is 32.1. The lowest BCUT2D eigenvalue weighted by Crippen LogP contribution is -2.42. The average Bonchev–Trinajstić information content (AvgIpc) is 2.83. The van der Waals surface area contributed by atoms with Crippen LogP contribution in [-0.4, -0.2) is 15.5 Å². The molecule has 7 heteroatoms. The van der Waals surface area contributed by atoms with Gasteiger partial charge in [0.1, 0.15) is 10.9 Å². The molecule has 21 heavy (non-hydrogen) atoms. The van der Waals surface area contributed by atoms with Crippen molar-refractivity contribution in [3.8, 4) is 0 Å². The minimum Gasteiger partial charge on any atom is -0.368 e. The molecule has 2 heterocycles. The molecule has 2 aromatic heterocycles. The molecule has 0 aromatic carbocycles. The predicted octanol–water partition coefficient (Wildman–Crippen LogP) is 1.53. The molecular weight excluding hydrogens is 290 g/mol. The van der Waals surface area contributed by atoms with Crippen molar-refractivity contribution in [1.82, 2.24) is 9.55 Å². The van der Waals surface area contributed by atoms with Crippen molar-refractivity contribution in [2.24, 2.45) is 5.73 Å². The zero-order valence-corrected chi connectivity index (χ0v) is 13.0. The Morgan fingerprint density at radius 2 is 2.14 bits per heavy atom. The first-order valence-electron chi connectivity index (χ1n) is 7.06. The summed E-state index contributed by atoms with van der Waals surface area (Å²) in [6.07, 6.45) is 3.28. The van der Waals surface area contributed by atoms with E-state index in [1.165, 1.54) is 11.3 Å². The van der Waals surface area contributed by atoms with Gasteiger partial charge in [-0.15, -0.1) is 11.3 Å². The maximum Gasteiger partial charge on any atom is 0.330 e. The highest BCUT2D eigenvalue weighted by Gasteiger charge is 2.21. The maximum absolute atomic E-state index is 12.5. The number of thiophene rings is 1. The second-order valence-electron chi connectivity index (χ2n) is 4.99. The van der Waals surface area contributed by atoms with Crippen LogP contribution in [0.1, 0.15) is 44.0 Å². The van der Waals surface area contributed by atoms with E-state index in [1.54, 1.807) is 13.0 Å². The minimum absolute atomic E-state index is 0.302. The lowest BCUT2D eigenvalue weighted by molar-refractivity contribution is -0.121. The quantitative estimate of drug-likeness (QED) is 0.846. The molecule has 0 aliphatic heterocycles. The van der Waals surface area contributed by atoms with E-state index in [9.17, 15) is 14.4 Å². The Morgan fingerprint density at radius 1 is 1.43 bits per heavy atom. The van der Waals surface area contributed by atoms with Crippen LogP contribution < -0.4 is 17.0 Å². The number of aromatic nitrogens is 2. The van der Waals surface area contributed by atoms with Crippen LogP contribution in [0, 0.1) is 0 Å². The molecule has 0 saturated carbocycles. The van der Waals surface area contributed by atoms with Gasteiger partial charge >= 0.3 is 5.69 Å². The second kappa shape index (κ2) is 6.26. The first-order chi connectivity index (χ1) is 9.99. The predicted molar refractivity (Wildman–Crippen MR) is 83.8 cm³/mol. The third-order valence-electron chi connectivity index (χ3n) is 3.48. The first-order valence-corrected chi connectivity index (χ1v) is 7.87. The van der Waals surface area contributed by atoms with Crippen LogP contribution in [0.25, 0.3) is 10.2 Å². The van der Waals surface area contributed by atoms with Gasteiger partial charge in [-0.1, -0.05) is 20.3 Å². The smallest absolute Gasteiger partial charge is 0.330 e. The van der Waals surface area contributed by atoms with Gasteiger partial charge in [0.15, 0.2) is 0 Å². The Labute approximate surface area is 125 Å². The molecule has 2 aromatic rings. The number of carbonyl (C=O) groups is 1. The fourth-order valence-corrected chi connectivity index (χ4v) is 3.42. The normalized spacial score (nSPS) is 12.7. The molecule has 2 rings (SSSR count). The summed E-state index contributed by atoms with van der Waals surface area (Å²) >= 11 is 1.42. The molecule has 0 bridgehead atoms. The van der Waals surface area contributed by atoms with Crippen molar-refractivity contribution in [3.05, 3.63) is 31.8 Å². The fourth-order valence-electron chi connectivity index (χ4n) is 2.34. The second-order valence-corrected chi connectivity index (χ2v) is 6.13. The van der Waals surface area contributed by atoms with Crippen LogP contribution in [-0.2, 0) is 11.2 Å². The molecule has 0 saturated heterocycles. The van der Waals surface area contributed by atoms with Crippen LogP contribution in [0.15, 0.2) is 15.7 Å². The van der Waals surface area contributed by atoms with Gasteiger partial charge in [-0.05, 0) is 25.3 Å². The largest absolute Gasteiger partial charge is 0.368 e. The number of aromatic amines is 1. The maximum atomic E-state index is 12.5. The van der Waals surface area contributed by atoms with E-state index in [4.69, 9.17) is 5.73 Å². The SMILES string of the molecule is CCCCc1cc2c(=O)n(C(CC)C(N)=O)c(=O)[nH]c2s1. The standard InChI is InChI=1S/C14H19N3O3S/c1-3-5-6-8-7-9-12(21-8)16-14(20)17(13(9)19)10(4-2)11(15)18/h7,10H,3-6H2,1-2H3,(H2,15,18)(H,16,20). The average molecular weight is 309 g/mol. The molecule has 1 amide bonds. The first kappa shape index (κ1) is 15.5. The van der Waals surface area contributed by atoms with Gasteiger partial charge in [0.2, 0.25) is 5.91 Å². The van der Waals surface area contributed by atoms with Gasteiger partial charge in [-0.2, -0.15) is 0 Å². The van der Waals surface area contributed by atoms with E-state index in [2.05, 4.69) is 11.9 Å². The van der Waals surface area contributed by atoms with Crippen molar-refractivity contribution < 1.29 is 4.79 Å². The van der Waals surface area contributed by atoms with E-state index in [0.29, 0.717) is 16.6 Å². The number of nitrogens with zero attached hydrogens (tertiary/aromatic N) is 1. The fraction of sp³-hybridized carbons (Fsp3) is 0.500. The van der Waals surface area contributed by atoms with Gasteiger partial charge in [-0.25, -0.2) is 9.36 Å². The monoisotopic (exact) mass is 309 g/mol. The number of hydrogen-bond donors (Lipinski definition) is 2. The van der Waals surface area contributed by atoms with Crippen LogP contribution in [0.2, 0.25) is 0 Å². The third-order valence-corrected chi connectivity index (χ3v) is 4.59. The molecule has 3 N–H and O–H groups in total. The van der Waals surface area contributed by atoms with E-state index < -0.39 is 23.2 Å². The molecule has 114 valence electrons. The van der Waals surface area contributed by atoms with E-state index in [0.717, 1.165) is 28.7 Å². The number of nitrogens with two attached hydrogens (primary N) is 1. The molecule has 1 unspecified atom stereocenters. The third kappa shape index (κ3) is 2.92.